The van der Waals surface area contributed by atoms with E-state index in [4.69, 9.17) is 9.47 Å². The quantitative estimate of drug-likeness (QED) is 0.131. The van der Waals surface area contributed by atoms with Crippen LogP contribution in [-0.4, -0.2) is 18.7 Å². The van der Waals surface area contributed by atoms with E-state index in [9.17, 15) is 4.79 Å². The fraction of sp³-hybridized carbons (Fsp3) is 0.111. The molecule has 172 valence electrons. The lowest BCUT2D eigenvalue weighted by atomic mass is 10.1. The maximum atomic E-state index is 12.4. The number of carbonyl (C=O) groups is 1. The summed E-state index contributed by atoms with van der Waals surface area (Å²) in [7, 11) is 0. The largest absolute Gasteiger partial charge is 0.490 e. The Balaban J connectivity index is 1.51. The van der Waals surface area contributed by atoms with Gasteiger partial charge in [0.25, 0.3) is 5.91 Å². The first-order valence-corrected chi connectivity index (χ1v) is 12.6. The van der Waals surface area contributed by atoms with E-state index < -0.39 is 0 Å². The van der Waals surface area contributed by atoms with Gasteiger partial charge in [0.1, 0.15) is 6.61 Å². The van der Waals surface area contributed by atoms with E-state index in [1.165, 1.54) is 10.8 Å². The van der Waals surface area contributed by atoms with Gasteiger partial charge in [-0.1, -0.05) is 54.6 Å². The second kappa shape index (κ2) is 11.5. The van der Waals surface area contributed by atoms with Crippen LogP contribution in [0, 0.1) is 3.57 Å². The summed E-state index contributed by atoms with van der Waals surface area (Å²) < 4.78 is 13.7. The lowest BCUT2D eigenvalue weighted by Crippen LogP contribution is -2.18. The Hall–Kier alpha value is -2.91. The predicted octanol–water partition coefficient (Wildman–Crippen LogP) is 6.95. The number of hydrogen-bond acceptors (Lipinski definition) is 4. The first kappa shape index (κ1) is 24.2. The van der Waals surface area contributed by atoms with Gasteiger partial charge < -0.3 is 9.47 Å². The fourth-order valence-electron chi connectivity index (χ4n) is 3.50. The molecule has 1 N–H and O–H groups in total. The number of ether oxygens (including phenoxy) is 2. The number of carbonyl (C=O) groups excluding carboxylic acids is 1. The summed E-state index contributed by atoms with van der Waals surface area (Å²) in [5, 5.41) is 6.46. The van der Waals surface area contributed by atoms with Crippen LogP contribution in [0.3, 0.4) is 0 Å². The molecule has 7 heteroatoms. The normalized spacial score (nSPS) is 11.0. The Kier molecular flexibility index (Phi) is 8.18. The minimum absolute atomic E-state index is 0.293. The zero-order chi connectivity index (χ0) is 23.9. The van der Waals surface area contributed by atoms with Gasteiger partial charge in [-0.25, -0.2) is 5.43 Å². The molecular formula is C27H22BrIN2O3. The number of hydrogen-bond donors (Lipinski definition) is 1. The highest BCUT2D eigenvalue weighted by atomic mass is 127. The molecule has 0 fully saturated rings. The third-order valence-electron chi connectivity index (χ3n) is 5.08. The van der Waals surface area contributed by atoms with E-state index >= 15 is 0 Å². The number of amides is 1. The Morgan fingerprint density at radius 3 is 2.62 bits per heavy atom. The van der Waals surface area contributed by atoms with E-state index in [0.29, 0.717) is 34.7 Å². The minimum Gasteiger partial charge on any atom is -0.490 e. The summed E-state index contributed by atoms with van der Waals surface area (Å²) in [6, 6.07) is 25.5. The summed E-state index contributed by atoms with van der Waals surface area (Å²) in [6.45, 7) is 2.85. The van der Waals surface area contributed by atoms with Crippen molar-refractivity contribution in [3.05, 3.63) is 104 Å². The number of nitrogens with one attached hydrogen (secondary N) is 1. The molecule has 0 aromatic heterocycles. The highest BCUT2D eigenvalue weighted by Gasteiger charge is 2.13. The topological polar surface area (TPSA) is 59.9 Å². The number of hydrazone groups is 1. The van der Waals surface area contributed by atoms with Gasteiger partial charge in [0.15, 0.2) is 11.5 Å². The van der Waals surface area contributed by atoms with Crippen LogP contribution in [0.4, 0.5) is 0 Å². The average molecular weight is 629 g/mol. The van der Waals surface area contributed by atoms with Gasteiger partial charge in [0.05, 0.1) is 22.0 Å². The molecule has 4 rings (SSSR count). The molecule has 34 heavy (non-hydrogen) atoms. The summed E-state index contributed by atoms with van der Waals surface area (Å²) in [6.07, 6.45) is 1.59. The van der Waals surface area contributed by atoms with Crippen LogP contribution in [0.5, 0.6) is 11.5 Å². The highest BCUT2D eigenvalue weighted by molar-refractivity contribution is 14.1. The first-order chi connectivity index (χ1) is 16.6. The molecule has 4 aromatic carbocycles. The molecule has 1 amide bonds. The fourth-order valence-corrected chi connectivity index (χ4v) is 4.75. The Morgan fingerprint density at radius 1 is 1.03 bits per heavy atom. The summed E-state index contributed by atoms with van der Waals surface area (Å²) in [4.78, 5) is 12.4. The van der Waals surface area contributed by atoms with E-state index in [2.05, 4.69) is 73.3 Å². The van der Waals surface area contributed by atoms with Crippen LogP contribution in [-0.2, 0) is 6.61 Å². The lowest BCUT2D eigenvalue weighted by molar-refractivity contribution is 0.0954. The molecule has 0 bridgehead atoms. The maximum Gasteiger partial charge on any atom is 0.272 e. The Morgan fingerprint density at radius 2 is 1.79 bits per heavy atom. The van der Waals surface area contributed by atoms with Crippen molar-refractivity contribution in [2.75, 3.05) is 6.61 Å². The van der Waals surface area contributed by atoms with Gasteiger partial charge in [-0.2, -0.15) is 5.10 Å². The summed E-state index contributed by atoms with van der Waals surface area (Å²) in [5.74, 6) is 1.02. The highest BCUT2D eigenvalue weighted by Crippen LogP contribution is 2.35. The SMILES string of the molecule is CCOc1cc(/C=N\NC(=O)c2ccccc2Br)cc(I)c1OCc1cccc2ccccc12. The van der Waals surface area contributed by atoms with Crippen molar-refractivity contribution in [2.24, 2.45) is 5.10 Å². The van der Waals surface area contributed by atoms with Crippen LogP contribution >= 0.6 is 38.5 Å². The van der Waals surface area contributed by atoms with Gasteiger partial charge in [-0.3, -0.25) is 4.79 Å². The molecule has 0 aliphatic rings. The Labute approximate surface area is 220 Å². The van der Waals surface area contributed by atoms with Crippen molar-refractivity contribution >= 4 is 61.4 Å². The molecule has 0 spiro atoms. The molecule has 0 saturated carbocycles. The van der Waals surface area contributed by atoms with Gasteiger partial charge in [-0.15, -0.1) is 0 Å². The molecule has 4 aromatic rings. The van der Waals surface area contributed by atoms with Crippen molar-refractivity contribution in [3.63, 3.8) is 0 Å². The third-order valence-corrected chi connectivity index (χ3v) is 6.57. The Bertz CT molecular complexity index is 1350. The van der Waals surface area contributed by atoms with Crippen LogP contribution < -0.4 is 14.9 Å². The molecule has 0 aliphatic heterocycles. The molecule has 0 radical (unpaired) electrons. The zero-order valence-corrected chi connectivity index (χ0v) is 22.2. The van der Waals surface area contributed by atoms with Crippen molar-refractivity contribution in [2.45, 2.75) is 13.5 Å². The standard InChI is InChI=1S/C27H22BrIN2O3/c1-2-33-25-15-18(16-30-31-27(32)22-12-5-6-13-23(22)28)14-24(29)26(25)34-17-20-10-7-9-19-8-3-4-11-21(19)20/h3-16H,2,17H2,1H3,(H,31,32)/b30-16-. The van der Waals surface area contributed by atoms with E-state index in [1.807, 2.05) is 49.4 Å². The molecule has 5 nitrogen and oxygen atoms in total. The summed E-state index contributed by atoms with van der Waals surface area (Å²) >= 11 is 5.61. The smallest absolute Gasteiger partial charge is 0.272 e. The van der Waals surface area contributed by atoms with Crippen LogP contribution in [0.15, 0.2) is 88.4 Å². The van der Waals surface area contributed by atoms with Gasteiger partial charge in [0, 0.05) is 4.47 Å². The molecule has 0 saturated heterocycles. The number of fused-ring (bicyclic) bond motifs is 1. The van der Waals surface area contributed by atoms with Gasteiger partial charge >= 0.3 is 0 Å². The lowest BCUT2D eigenvalue weighted by Gasteiger charge is -2.15. The molecule has 0 aliphatic carbocycles. The molecule has 0 unspecified atom stereocenters. The predicted molar refractivity (Wildman–Crippen MR) is 148 cm³/mol. The average Bonchev–Trinajstić information content (AvgIpc) is 2.84. The number of benzene rings is 4. The number of nitrogens with zero attached hydrogens (tertiary/aromatic N) is 1. The molecule has 0 heterocycles. The minimum atomic E-state index is -0.293. The van der Waals surface area contributed by atoms with Crippen LogP contribution in [0.25, 0.3) is 10.8 Å². The first-order valence-electron chi connectivity index (χ1n) is 10.7. The maximum absolute atomic E-state index is 12.4. The van der Waals surface area contributed by atoms with E-state index in [0.717, 1.165) is 14.7 Å². The second-order valence-electron chi connectivity index (χ2n) is 7.37. The van der Waals surface area contributed by atoms with E-state index in [1.54, 1.807) is 18.3 Å². The number of halogens is 2. The van der Waals surface area contributed by atoms with Crippen molar-refractivity contribution < 1.29 is 14.3 Å². The molecule has 0 atom stereocenters. The van der Waals surface area contributed by atoms with Crippen molar-refractivity contribution in [3.8, 4) is 11.5 Å². The molecular weight excluding hydrogens is 607 g/mol. The summed E-state index contributed by atoms with van der Waals surface area (Å²) in [5.41, 5.74) is 4.98. The van der Waals surface area contributed by atoms with Crippen LogP contribution in [0.2, 0.25) is 0 Å². The van der Waals surface area contributed by atoms with Gasteiger partial charge in [-0.05, 0) is 91.6 Å². The van der Waals surface area contributed by atoms with E-state index in [-0.39, 0.29) is 5.91 Å². The van der Waals surface area contributed by atoms with Crippen molar-refractivity contribution in [1.82, 2.24) is 5.43 Å². The third kappa shape index (κ3) is 5.77. The van der Waals surface area contributed by atoms with Crippen LogP contribution in [0.1, 0.15) is 28.4 Å². The zero-order valence-electron chi connectivity index (χ0n) is 18.4. The number of rotatable bonds is 8. The van der Waals surface area contributed by atoms with Crippen molar-refractivity contribution in [1.29, 1.82) is 0 Å². The van der Waals surface area contributed by atoms with Gasteiger partial charge in [0.2, 0.25) is 0 Å². The second-order valence-corrected chi connectivity index (χ2v) is 9.39. The monoisotopic (exact) mass is 628 g/mol.